The maximum atomic E-state index is 9.81. The maximum absolute atomic E-state index is 9.81. The number of benzene rings is 7. The van der Waals surface area contributed by atoms with Gasteiger partial charge in [-0.15, -0.1) is 0 Å². The molecule has 1 aromatic heterocycles. The monoisotopic (exact) mass is 718 g/mol. The van der Waals surface area contributed by atoms with Gasteiger partial charge in [-0.25, -0.2) is 15.0 Å². The van der Waals surface area contributed by atoms with Crippen molar-refractivity contribution >= 4 is 0 Å². The zero-order valence-corrected chi connectivity index (χ0v) is 31.0. The van der Waals surface area contributed by atoms with Gasteiger partial charge in [0, 0.05) is 22.1 Å². The second kappa shape index (κ2) is 14.0. The van der Waals surface area contributed by atoms with Crippen molar-refractivity contribution in [1.82, 2.24) is 15.0 Å². The van der Waals surface area contributed by atoms with Crippen LogP contribution >= 0.6 is 0 Å². The van der Waals surface area contributed by atoms with Gasteiger partial charge < -0.3 is 0 Å². The summed E-state index contributed by atoms with van der Waals surface area (Å²) in [6, 6.07) is 61.9. The first-order chi connectivity index (χ1) is 27.7. The van der Waals surface area contributed by atoms with Crippen LogP contribution in [0.3, 0.4) is 0 Å². The minimum absolute atomic E-state index is 0.00689. The Morgan fingerprint density at radius 3 is 1.59 bits per heavy atom. The number of rotatable bonds is 6. The lowest BCUT2D eigenvalue weighted by Gasteiger charge is -2.36. The van der Waals surface area contributed by atoms with Crippen molar-refractivity contribution in [3.63, 3.8) is 0 Å². The van der Waals surface area contributed by atoms with Gasteiger partial charge in [-0.05, 0) is 86.7 Å². The highest BCUT2D eigenvalue weighted by Gasteiger charge is 2.44. The first kappa shape index (κ1) is 33.6. The number of aromatic nitrogens is 3. The van der Waals surface area contributed by atoms with Gasteiger partial charge in [0.2, 0.25) is 0 Å². The molecule has 4 heteroatoms. The lowest BCUT2D eigenvalue weighted by molar-refractivity contribution is 0.353. The van der Waals surface area contributed by atoms with Gasteiger partial charge in [0.05, 0.1) is 11.6 Å². The SMILES string of the molecule is N#Cc1ccc2c(c1)C1(CCCCC1)c1cccc(-c3ccc(-c4cccc(-c5nc(-c6ccccc6)nc(-c6ccc(-c7ccccc7)cc6)n5)c4)cc3)c1-2. The first-order valence-corrected chi connectivity index (χ1v) is 19.5. The summed E-state index contributed by atoms with van der Waals surface area (Å²) in [5, 5.41) is 9.81. The largest absolute Gasteiger partial charge is 0.208 e. The highest BCUT2D eigenvalue weighted by Crippen LogP contribution is 2.58. The van der Waals surface area contributed by atoms with Crippen molar-refractivity contribution in [3.05, 3.63) is 187 Å². The van der Waals surface area contributed by atoms with Crippen LogP contribution in [0.1, 0.15) is 48.8 Å². The van der Waals surface area contributed by atoms with Crippen LogP contribution in [-0.4, -0.2) is 15.0 Å². The Hall–Kier alpha value is -6.96. The van der Waals surface area contributed by atoms with E-state index in [0.29, 0.717) is 17.5 Å². The average molecular weight is 719 g/mol. The van der Waals surface area contributed by atoms with Crippen molar-refractivity contribution in [3.8, 4) is 84.7 Å². The molecule has 1 saturated carbocycles. The molecule has 1 fully saturated rings. The third-order valence-corrected chi connectivity index (χ3v) is 11.8. The second-order valence-corrected chi connectivity index (χ2v) is 15.0. The molecule has 56 heavy (non-hydrogen) atoms. The molecule has 266 valence electrons. The summed E-state index contributed by atoms with van der Waals surface area (Å²) in [5.74, 6) is 1.91. The van der Waals surface area contributed by atoms with Gasteiger partial charge in [-0.3, -0.25) is 0 Å². The van der Waals surface area contributed by atoms with E-state index in [4.69, 9.17) is 15.0 Å². The molecule has 8 aromatic rings. The molecule has 2 aliphatic carbocycles. The number of hydrogen-bond acceptors (Lipinski definition) is 4. The van der Waals surface area contributed by atoms with Crippen molar-refractivity contribution in [2.75, 3.05) is 0 Å². The lowest BCUT2D eigenvalue weighted by atomic mass is 9.67. The molecule has 0 amide bonds. The molecule has 0 N–H and O–H groups in total. The molecule has 0 radical (unpaired) electrons. The molecule has 1 heterocycles. The normalized spacial score (nSPS) is 13.8. The smallest absolute Gasteiger partial charge is 0.164 e. The predicted molar refractivity (Wildman–Crippen MR) is 226 cm³/mol. The van der Waals surface area contributed by atoms with Crippen LogP contribution in [0.4, 0.5) is 0 Å². The van der Waals surface area contributed by atoms with Crippen molar-refractivity contribution in [1.29, 1.82) is 5.26 Å². The van der Waals surface area contributed by atoms with Crippen molar-refractivity contribution in [2.45, 2.75) is 37.5 Å². The fourth-order valence-electron chi connectivity index (χ4n) is 9.02. The van der Waals surface area contributed by atoms with E-state index in [1.54, 1.807) is 0 Å². The van der Waals surface area contributed by atoms with Gasteiger partial charge in [0.25, 0.3) is 0 Å². The molecule has 10 rings (SSSR count). The third-order valence-electron chi connectivity index (χ3n) is 11.8. The van der Waals surface area contributed by atoms with Crippen LogP contribution in [-0.2, 0) is 5.41 Å². The molecule has 7 aromatic carbocycles. The summed E-state index contributed by atoms with van der Waals surface area (Å²) in [6.45, 7) is 0. The number of nitriles is 1. The minimum atomic E-state index is -0.00689. The fourth-order valence-corrected chi connectivity index (χ4v) is 9.02. The molecule has 0 aliphatic heterocycles. The van der Waals surface area contributed by atoms with E-state index in [2.05, 4.69) is 133 Å². The van der Waals surface area contributed by atoms with Crippen LogP contribution in [0.25, 0.3) is 78.7 Å². The average Bonchev–Trinajstić information content (AvgIpc) is 3.55. The Balaban J connectivity index is 1.01. The van der Waals surface area contributed by atoms with Crippen molar-refractivity contribution < 1.29 is 0 Å². The molecule has 0 unspecified atom stereocenters. The van der Waals surface area contributed by atoms with Gasteiger partial charge >= 0.3 is 0 Å². The Labute approximate surface area is 327 Å². The summed E-state index contributed by atoms with van der Waals surface area (Å²) in [6.07, 6.45) is 5.98. The summed E-state index contributed by atoms with van der Waals surface area (Å²) in [4.78, 5) is 15.0. The summed E-state index contributed by atoms with van der Waals surface area (Å²) in [7, 11) is 0. The van der Waals surface area contributed by atoms with Crippen LogP contribution in [0, 0.1) is 11.3 Å². The number of hydrogen-bond donors (Lipinski definition) is 0. The van der Waals surface area contributed by atoms with E-state index in [0.717, 1.165) is 51.8 Å². The van der Waals surface area contributed by atoms with Gasteiger partial charge in [0.1, 0.15) is 0 Å². The molecular weight excluding hydrogens is 681 g/mol. The summed E-state index contributed by atoms with van der Waals surface area (Å²) in [5.41, 5.74) is 15.9. The Kier molecular flexibility index (Phi) is 8.42. The van der Waals surface area contributed by atoms with E-state index in [9.17, 15) is 5.26 Å². The number of nitrogens with zero attached hydrogens (tertiary/aromatic N) is 4. The van der Waals surface area contributed by atoms with E-state index in [-0.39, 0.29) is 5.41 Å². The highest BCUT2D eigenvalue weighted by atomic mass is 15.0. The quantitative estimate of drug-likeness (QED) is 0.172. The predicted octanol–water partition coefficient (Wildman–Crippen LogP) is 13.0. The Morgan fingerprint density at radius 1 is 0.393 bits per heavy atom. The minimum Gasteiger partial charge on any atom is -0.208 e. The second-order valence-electron chi connectivity index (χ2n) is 15.0. The van der Waals surface area contributed by atoms with Crippen LogP contribution in [0.5, 0.6) is 0 Å². The molecule has 0 bridgehead atoms. The molecule has 1 spiro atoms. The van der Waals surface area contributed by atoms with Crippen LogP contribution in [0.15, 0.2) is 170 Å². The van der Waals surface area contributed by atoms with E-state index in [1.165, 1.54) is 58.2 Å². The van der Waals surface area contributed by atoms with Gasteiger partial charge in [-0.1, -0.05) is 171 Å². The Bertz CT molecular complexity index is 2760. The third kappa shape index (κ3) is 5.90. The summed E-state index contributed by atoms with van der Waals surface area (Å²) < 4.78 is 0. The van der Waals surface area contributed by atoms with E-state index >= 15 is 0 Å². The zero-order valence-electron chi connectivity index (χ0n) is 31.0. The van der Waals surface area contributed by atoms with Crippen molar-refractivity contribution in [2.24, 2.45) is 0 Å². The van der Waals surface area contributed by atoms with Gasteiger partial charge in [0.15, 0.2) is 17.5 Å². The Morgan fingerprint density at radius 2 is 0.911 bits per heavy atom. The molecular formula is C52H38N4. The van der Waals surface area contributed by atoms with Gasteiger partial charge in [-0.2, -0.15) is 5.26 Å². The van der Waals surface area contributed by atoms with E-state index in [1.807, 2.05) is 42.5 Å². The van der Waals surface area contributed by atoms with Crippen LogP contribution < -0.4 is 0 Å². The highest BCUT2D eigenvalue weighted by molar-refractivity contribution is 5.93. The summed E-state index contributed by atoms with van der Waals surface area (Å²) >= 11 is 0. The van der Waals surface area contributed by atoms with E-state index < -0.39 is 0 Å². The fraction of sp³-hybridized carbons (Fsp3) is 0.115. The molecule has 4 nitrogen and oxygen atoms in total. The standard InChI is InChI=1S/C52H38N4/c53-34-35-20-29-45-47(32-35)52(30-8-3-9-31-52)46-19-11-18-44(48(45)46)39-25-21-38(22-26-39)42-16-10-17-43(33-42)51-55-49(40-14-6-2-7-15-40)54-50(56-51)41-27-23-37(24-28-41)36-12-4-1-5-13-36/h1-2,4-7,10-29,32-33H,3,8-9,30-31H2. The lowest BCUT2D eigenvalue weighted by Crippen LogP contribution is -2.28. The molecule has 0 atom stereocenters. The zero-order chi connectivity index (χ0) is 37.5. The topological polar surface area (TPSA) is 62.5 Å². The first-order valence-electron chi connectivity index (χ1n) is 19.5. The van der Waals surface area contributed by atoms with Crippen LogP contribution in [0.2, 0.25) is 0 Å². The number of fused-ring (bicyclic) bond motifs is 5. The molecule has 0 saturated heterocycles. The molecule has 2 aliphatic rings. The maximum Gasteiger partial charge on any atom is 0.164 e.